The van der Waals surface area contributed by atoms with Crippen molar-refractivity contribution in [1.29, 1.82) is 0 Å². The van der Waals surface area contributed by atoms with E-state index in [2.05, 4.69) is 10.4 Å². The second kappa shape index (κ2) is 6.96. The number of ether oxygens (including phenoxy) is 2. The van der Waals surface area contributed by atoms with Gasteiger partial charge in [-0.1, -0.05) is 6.07 Å². The molecule has 0 unspecified atom stereocenters. The van der Waals surface area contributed by atoms with Crippen LogP contribution in [0.5, 0.6) is 11.5 Å². The second-order valence-corrected chi connectivity index (χ2v) is 4.55. The molecule has 108 valence electrons. The van der Waals surface area contributed by atoms with Gasteiger partial charge in [-0.2, -0.15) is 5.10 Å². The monoisotopic (exact) mass is 275 g/mol. The number of benzene rings is 1. The van der Waals surface area contributed by atoms with E-state index in [9.17, 15) is 0 Å². The molecule has 0 spiro atoms. The lowest BCUT2D eigenvalue weighted by atomic mass is 10.2. The van der Waals surface area contributed by atoms with Crippen molar-refractivity contribution in [2.75, 3.05) is 20.8 Å². The highest BCUT2D eigenvalue weighted by Gasteiger charge is 2.06. The van der Waals surface area contributed by atoms with Crippen molar-refractivity contribution in [3.05, 3.63) is 41.7 Å². The topological polar surface area (TPSA) is 48.3 Å². The molecule has 0 fully saturated rings. The number of aromatic nitrogens is 2. The van der Waals surface area contributed by atoms with Crippen LogP contribution in [0.1, 0.15) is 11.3 Å². The number of nitrogens with one attached hydrogen (secondary N) is 1. The van der Waals surface area contributed by atoms with Crippen LogP contribution in [0.2, 0.25) is 0 Å². The van der Waals surface area contributed by atoms with Gasteiger partial charge < -0.3 is 14.8 Å². The molecule has 0 saturated heterocycles. The summed E-state index contributed by atoms with van der Waals surface area (Å²) in [6.45, 7) is 1.38. The summed E-state index contributed by atoms with van der Waals surface area (Å²) in [4.78, 5) is 0. The van der Waals surface area contributed by atoms with E-state index in [0.717, 1.165) is 35.7 Å². The van der Waals surface area contributed by atoms with E-state index in [4.69, 9.17) is 9.47 Å². The predicted molar refractivity (Wildman–Crippen MR) is 78.2 cm³/mol. The average molecular weight is 275 g/mol. The van der Waals surface area contributed by atoms with Crippen molar-refractivity contribution >= 4 is 0 Å². The van der Waals surface area contributed by atoms with Crippen LogP contribution < -0.4 is 14.8 Å². The molecule has 0 radical (unpaired) electrons. The minimum Gasteiger partial charge on any atom is -0.497 e. The Hall–Kier alpha value is -2.01. The molecule has 2 rings (SSSR count). The molecule has 2 aromatic rings. The zero-order valence-corrected chi connectivity index (χ0v) is 12.2. The molecule has 0 amide bonds. The van der Waals surface area contributed by atoms with E-state index in [-0.39, 0.29) is 0 Å². The van der Waals surface area contributed by atoms with Gasteiger partial charge in [-0.25, -0.2) is 0 Å². The van der Waals surface area contributed by atoms with Crippen molar-refractivity contribution in [3.63, 3.8) is 0 Å². The fourth-order valence-corrected chi connectivity index (χ4v) is 2.04. The van der Waals surface area contributed by atoms with Crippen LogP contribution in [-0.2, 0) is 20.0 Å². The van der Waals surface area contributed by atoms with E-state index in [0.29, 0.717) is 6.61 Å². The number of methoxy groups -OCH3 is 1. The molecule has 0 saturated carbocycles. The Balaban J connectivity index is 2.01. The summed E-state index contributed by atoms with van der Waals surface area (Å²) in [5, 5.41) is 7.29. The maximum atomic E-state index is 5.90. The van der Waals surface area contributed by atoms with Crippen LogP contribution in [0, 0.1) is 0 Å². The van der Waals surface area contributed by atoms with Crippen molar-refractivity contribution in [3.8, 4) is 11.5 Å². The van der Waals surface area contributed by atoms with Gasteiger partial charge in [-0.3, -0.25) is 4.68 Å². The van der Waals surface area contributed by atoms with E-state index in [1.165, 1.54) is 0 Å². The highest BCUT2D eigenvalue weighted by atomic mass is 16.5. The molecule has 1 aromatic carbocycles. The zero-order valence-electron chi connectivity index (χ0n) is 12.2. The van der Waals surface area contributed by atoms with Crippen molar-refractivity contribution in [2.24, 2.45) is 7.05 Å². The fraction of sp³-hybridized carbons (Fsp3) is 0.400. The molecule has 0 aliphatic carbocycles. The molecule has 1 aromatic heterocycles. The lowest BCUT2D eigenvalue weighted by Crippen LogP contribution is -2.10. The molecule has 0 aliphatic rings. The molecule has 1 heterocycles. The summed E-state index contributed by atoms with van der Waals surface area (Å²) in [5.74, 6) is 1.67. The third-order valence-corrected chi connectivity index (χ3v) is 3.18. The Morgan fingerprint density at radius 2 is 2.15 bits per heavy atom. The highest BCUT2D eigenvalue weighted by molar-refractivity contribution is 5.40. The summed E-state index contributed by atoms with van der Waals surface area (Å²) in [6, 6.07) is 7.90. The molecule has 1 N–H and O–H groups in total. The van der Waals surface area contributed by atoms with Gasteiger partial charge in [0, 0.05) is 43.5 Å². The quantitative estimate of drug-likeness (QED) is 0.836. The molecule has 0 bridgehead atoms. The fourth-order valence-electron chi connectivity index (χ4n) is 2.04. The molecule has 20 heavy (non-hydrogen) atoms. The van der Waals surface area contributed by atoms with Crippen LogP contribution >= 0.6 is 0 Å². The Bertz CT molecular complexity index is 552. The number of hydrogen-bond acceptors (Lipinski definition) is 4. The third-order valence-electron chi connectivity index (χ3n) is 3.18. The standard InChI is InChI=1S/C15H21N3O2/c1-16-11-12-4-5-14(19-3)10-15(12)20-9-7-13-6-8-17-18(13)2/h4-6,8,10,16H,7,9,11H2,1-3H3. The molecular weight excluding hydrogens is 254 g/mol. The Labute approximate surface area is 119 Å². The second-order valence-electron chi connectivity index (χ2n) is 4.55. The van der Waals surface area contributed by atoms with Crippen LogP contribution in [0.4, 0.5) is 0 Å². The van der Waals surface area contributed by atoms with Gasteiger partial charge in [0.1, 0.15) is 11.5 Å². The minimum absolute atomic E-state index is 0.614. The number of aryl methyl sites for hydroxylation is 1. The van der Waals surface area contributed by atoms with E-state index < -0.39 is 0 Å². The third kappa shape index (κ3) is 3.51. The van der Waals surface area contributed by atoms with Crippen LogP contribution in [0.15, 0.2) is 30.5 Å². The Kier molecular flexibility index (Phi) is 5.01. The number of rotatable bonds is 7. The van der Waals surface area contributed by atoms with Gasteiger partial charge in [-0.05, 0) is 19.2 Å². The molecule has 0 aliphatic heterocycles. The molecule has 5 nitrogen and oxygen atoms in total. The smallest absolute Gasteiger partial charge is 0.127 e. The van der Waals surface area contributed by atoms with Crippen LogP contribution in [-0.4, -0.2) is 30.5 Å². The molecule has 0 atom stereocenters. The first-order valence-electron chi connectivity index (χ1n) is 6.65. The van der Waals surface area contributed by atoms with Crippen molar-refractivity contribution < 1.29 is 9.47 Å². The summed E-state index contributed by atoms with van der Waals surface area (Å²) < 4.78 is 13.0. The lowest BCUT2D eigenvalue weighted by molar-refractivity contribution is 0.311. The normalized spacial score (nSPS) is 10.6. The highest BCUT2D eigenvalue weighted by Crippen LogP contribution is 2.25. The van der Waals surface area contributed by atoms with Gasteiger partial charge in [0.15, 0.2) is 0 Å². The zero-order chi connectivity index (χ0) is 14.4. The van der Waals surface area contributed by atoms with Gasteiger partial charge in [-0.15, -0.1) is 0 Å². The predicted octanol–water partition coefficient (Wildman–Crippen LogP) is 1.77. The summed E-state index contributed by atoms with van der Waals surface area (Å²) in [5.41, 5.74) is 2.28. The van der Waals surface area contributed by atoms with Crippen molar-refractivity contribution in [2.45, 2.75) is 13.0 Å². The molecule has 5 heteroatoms. The van der Waals surface area contributed by atoms with Gasteiger partial charge in [0.05, 0.1) is 13.7 Å². The lowest BCUT2D eigenvalue weighted by Gasteiger charge is -2.13. The number of hydrogen-bond donors (Lipinski definition) is 1. The maximum Gasteiger partial charge on any atom is 0.127 e. The molecular formula is C15H21N3O2. The SMILES string of the molecule is CNCc1ccc(OC)cc1OCCc1ccnn1C. The van der Waals surface area contributed by atoms with Crippen molar-refractivity contribution in [1.82, 2.24) is 15.1 Å². The first-order valence-corrected chi connectivity index (χ1v) is 6.65. The average Bonchev–Trinajstić information content (AvgIpc) is 2.86. The summed E-state index contributed by atoms with van der Waals surface area (Å²) >= 11 is 0. The van der Waals surface area contributed by atoms with E-state index in [1.54, 1.807) is 13.3 Å². The first kappa shape index (κ1) is 14.4. The van der Waals surface area contributed by atoms with Gasteiger partial charge in [0.2, 0.25) is 0 Å². The van der Waals surface area contributed by atoms with Crippen LogP contribution in [0.3, 0.4) is 0 Å². The Morgan fingerprint density at radius 3 is 2.80 bits per heavy atom. The minimum atomic E-state index is 0.614. The van der Waals surface area contributed by atoms with Gasteiger partial charge in [0.25, 0.3) is 0 Å². The largest absolute Gasteiger partial charge is 0.497 e. The number of nitrogens with zero attached hydrogens (tertiary/aromatic N) is 2. The van der Waals surface area contributed by atoms with Gasteiger partial charge >= 0.3 is 0 Å². The Morgan fingerprint density at radius 1 is 1.30 bits per heavy atom. The van der Waals surface area contributed by atoms with Crippen LogP contribution in [0.25, 0.3) is 0 Å². The van der Waals surface area contributed by atoms with E-state index >= 15 is 0 Å². The van der Waals surface area contributed by atoms with E-state index in [1.807, 2.05) is 43.0 Å². The maximum absolute atomic E-state index is 5.90. The summed E-state index contributed by atoms with van der Waals surface area (Å²) in [6.07, 6.45) is 2.63. The summed E-state index contributed by atoms with van der Waals surface area (Å²) in [7, 11) is 5.52. The first-order chi connectivity index (χ1) is 9.74.